The van der Waals surface area contributed by atoms with Gasteiger partial charge in [-0.25, -0.2) is 4.39 Å². The Kier molecular flexibility index (Phi) is 5.04. The second-order valence-electron chi connectivity index (χ2n) is 11.4. The number of alkyl halides is 1. The van der Waals surface area contributed by atoms with Gasteiger partial charge < -0.3 is 5.11 Å². The van der Waals surface area contributed by atoms with Crippen molar-refractivity contribution in [2.45, 2.75) is 83.5 Å². The zero-order valence-electron chi connectivity index (χ0n) is 18.6. The molecule has 4 aliphatic rings. The van der Waals surface area contributed by atoms with Crippen molar-refractivity contribution < 1.29 is 14.3 Å². The van der Waals surface area contributed by atoms with E-state index in [-0.39, 0.29) is 29.6 Å². The van der Waals surface area contributed by atoms with Crippen molar-refractivity contribution in [2.24, 2.45) is 40.9 Å². The molecule has 0 saturated heterocycles. The number of aromatic nitrogens is 2. The van der Waals surface area contributed by atoms with Crippen LogP contribution < -0.4 is 0 Å². The Bertz CT molecular complexity index is 905. The standard InChI is InChI=1S/C25H34FN3O2/c1-24(31)8-5-17-16-6-9-25(2)20(18(16)11-22(26)19(17)12-24)3-4-21(25)23(30)14-29-10-7-15(13-27)28-29/h7,10,16-22,31H,3-6,8-9,11-12,14H2,1-2H3. The number of nitrogens with zero attached hydrogens (tertiary/aromatic N) is 3. The van der Waals surface area contributed by atoms with Crippen LogP contribution in [0.1, 0.15) is 70.9 Å². The SMILES string of the molecule is CC1(O)CCC2C(C1)C(F)CC1C2CCC2(C)C(C(=O)Cn3ccc(C#N)n3)CCC12. The fourth-order valence-corrected chi connectivity index (χ4v) is 8.31. The van der Waals surface area contributed by atoms with E-state index in [4.69, 9.17) is 5.26 Å². The number of Topliss-reactive ketones (excluding diaryl/α,β-unsaturated/α-hetero) is 1. The fraction of sp³-hybridized carbons (Fsp3) is 0.800. The summed E-state index contributed by atoms with van der Waals surface area (Å²) in [5.74, 6) is 1.92. The number of ketones is 1. The molecule has 0 aliphatic heterocycles. The molecule has 5 rings (SSSR count). The number of rotatable bonds is 3. The van der Waals surface area contributed by atoms with Gasteiger partial charge in [0.2, 0.25) is 0 Å². The third-order valence-electron chi connectivity index (χ3n) is 9.71. The first kappa shape index (κ1) is 21.1. The van der Waals surface area contributed by atoms with Gasteiger partial charge in [0.1, 0.15) is 12.2 Å². The molecule has 1 N–H and O–H groups in total. The van der Waals surface area contributed by atoms with Crippen LogP contribution in [0, 0.1) is 52.3 Å². The van der Waals surface area contributed by atoms with E-state index in [1.807, 2.05) is 13.0 Å². The van der Waals surface area contributed by atoms with Crippen LogP contribution in [0.15, 0.2) is 12.3 Å². The van der Waals surface area contributed by atoms with Crippen molar-refractivity contribution in [1.82, 2.24) is 9.78 Å². The molecule has 31 heavy (non-hydrogen) atoms. The number of fused-ring (bicyclic) bond motifs is 5. The maximum absolute atomic E-state index is 15.4. The quantitative estimate of drug-likeness (QED) is 0.780. The van der Waals surface area contributed by atoms with Gasteiger partial charge >= 0.3 is 0 Å². The fourth-order valence-electron chi connectivity index (χ4n) is 8.31. The summed E-state index contributed by atoms with van der Waals surface area (Å²) < 4.78 is 17.0. The van der Waals surface area contributed by atoms with Crippen LogP contribution in [-0.2, 0) is 11.3 Å². The average Bonchev–Trinajstić information content (AvgIpc) is 3.31. The summed E-state index contributed by atoms with van der Waals surface area (Å²) in [6, 6.07) is 3.65. The molecular formula is C25H34FN3O2. The molecule has 0 bridgehead atoms. The summed E-state index contributed by atoms with van der Waals surface area (Å²) in [6.45, 7) is 4.36. The second kappa shape index (κ2) is 7.40. The van der Waals surface area contributed by atoms with Gasteiger partial charge in [0.05, 0.1) is 12.1 Å². The minimum Gasteiger partial charge on any atom is -0.390 e. The van der Waals surface area contributed by atoms with E-state index in [1.54, 1.807) is 16.9 Å². The lowest BCUT2D eigenvalue weighted by atomic mass is 9.48. The summed E-state index contributed by atoms with van der Waals surface area (Å²) >= 11 is 0. The Morgan fingerprint density at radius 3 is 2.71 bits per heavy atom. The summed E-state index contributed by atoms with van der Waals surface area (Å²) in [5.41, 5.74) is -0.443. The Morgan fingerprint density at radius 2 is 1.97 bits per heavy atom. The molecule has 1 aromatic rings. The molecule has 0 radical (unpaired) electrons. The highest BCUT2D eigenvalue weighted by Crippen LogP contribution is 2.65. The molecule has 168 valence electrons. The van der Waals surface area contributed by atoms with Gasteiger partial charge in [0.25, 0.3) is 0 Å². The molecule has 4 aliphatic carbocycles. The normalized spacial score (nSPS) is 46.5. The lowest BCUT2D eigenvalue weighted by molar-refractivity contribution is -0.139. The minimum absolute atomic E-state index is 0.00216. The lowest BCUT2D eigenvalue weighted by Crippen LogP contribution is -2.54. The van der Waals surface area contributed by atoms with Crippen LogP contribution in [0.5, 0.6) is 0 Å². The molecule has 0 aromatic carbocycles. The highest BCUT2D eigenvalue weighted by molar-refractivity contribution is 5.82. The van der Waals surface area contributed by atoms with Crippen molar-refractivity contribution in [3.63, 3.8) is 0 Å². The minimum atomic E-state index is -0.830. The molecule has 0 spiro atoms. The monoisotopic (exact) mass is 427 g/mol. The van der Waals surface area contributed by atoms with Crippen LogP contribution in [0.2, 0.25) is 0 Å². The third kappa shape index (κ3) is 3.44. The van der Waals surface area contributed by atoms with Crippen molar-refractivity contribution in [3.8, 4) is 6.07 Å². The van der Waals surface area contributed by atoms with Crippen LogP contribution in [0.3, 0.4) is 0 Å². The molecular weight excluding hydrogens is 393 g/mol. The van der Waals surface area contributed by atoms with E-state index in [9.17, 15) is 9.90 Å². The summed E-state index contributed by atoms with van der Waals surface area (Å²) in [5, 5.41) is 23.7. The van der Waals surface area contributed by atoms with Crippen molar-refractivity contribution in [2.75, 3.05) is 0 Å². The van der Waals surface area contributed by atoms with Crippen LogP contribution in [-0.4, -0.2) is 32.4 Å². The van der Waals surface area contributed by atoms with E-state index >= 15 is 4.39 Å². The van der Waals surface area contributed by atoms with Gasteiger partial charge in [-0.1, -0.05) is 6.92 Å². The van der Waals surface area contributed by atoms with Crippen molar-refractivity contribution in [1.29, 1.82) is 5.26 Å². The molecule has 9 unspecified atom stereocenters. The number of aliphatic hydroxyl groups is 1. The zero-order chi connectivity index (χ0) is 22.0. The van der Waals surface area contributed by atoms with E-state index in [0.29, 0.717) is 42.2 Å². The maximum Gasteiger partial charge on any atom is 0.162 e. The molecule has 0 amide bonds. The predicted molar refractivity (Wildman–Crippen MR) is 113 cm³/mol. The van der Waals surface area contributed by atoms with Crippen molar-refractivity contribution in [3.05, 3.63) is 18.0 Å². The molecule has 1 heterocycles. The maximum atomic E-state index is 15.4. The van der Waals surface area contributed by atoms with Crippen LogP contribution in [0.4, 0.5) is 4.39 Å². The third-order valence-corrected chi connectivity index (χ3v) is 9.71. The van der Waals surface area contributed by atoms with E-state index in [2.05, 4.69) is 12.0 Å². The first-order valence-corrected chi connectivity index (χ1v) is 12.0. The van der Waals surface area contributed by atoms with E-state index in [1.165, 1.54) is 0 Å². The number of carbonyl (C=O) groups is 1. The lowest BCUT2D eigenvalue weighted by Gasteiger charge is -2.57. The second-order valence-corrected chi connectivity index (χ2v) is 11.4. The van der Waals surface area contributed by atoms with Crippen LogP contribution >= 0.6 is 0 Å². The van der Waals surface area contributed by atoms with Crippen molar-refractivity contribution >= 4 is 5.78 Å². The first-order chi connectivity index (χ1) is 14.7. The zero-order valence-corrected chi connectivity index (χ0v) is 18.6. The summed E-state index contributed by atoms with van der Waals surface area (Å²) in [6.07, 6.45) is 7.80. The Labute approximate surface area is 184 Å². The van der Waals surface area contributed by atoms with Gasteiger partial charge in [0.15, 0.2) is 11.5 Å². The largest absolute Gasteiger partial charge is 0.390 e. The van der Waals surface area contributed by atoms with Gasteiger partial charge in [0, 0.05) is 12.1 Å². The van der Waals surface area contributed by atoms with Gasteiger partial charge in [-0.05, 0) is 99.4 Å². The van der Waals surface area contributed by atoms with Gasteiger partial charge in [-0.3, -0.25) is 9.48 Å². The number of carbonyl (C=O) groups excluding carboxylic acids is 1. The molecule has 4 saturated carbocycles. The highest BCUT2D eigenvalue weighted by Gasteiger charge is 2.60. The topological polar surface area (TPSA) is 78.9 Å². The molecule has 5 nitrogen and oxygen atoms in total. The molecule has 1 aromatic heterocycles. The Hall–Kier alpha value is -1.74. The van der Waals surface area contributed by atoms with Gasteiger partial charge in [-0.15, -0.1) is 0 Å². The average molecular weight is 428 g/mol. The summed E-state index contributed by atoms with van der Waals surface area (Å²) in [7, 11) is 0. The number of nitriles is 1. The molecule has 9 atom stereocenters. The number of hydrogen-bond donors (Lipinski definition) is 1. The Balaban J connectivity index is 1.33. The molecule has 6 heteroatoms. The van der Waals surface area contributed by atoms with Gasteiger partial charge in [-0.2, -0.15) is 10.4 Å². The van der Waals surface area contributed by atoms with E-state index in [0.717, 1.165) is 38.5 Å². The van der Waals surface area contributed by atoms with E-state index < -0.39 is 11.8 Å². The highest BCUT2D eigenvalue weighted by atomic mass is 19.1. The van der Waals surface area contributed by atoms with Crippen LogP contribution in [0.25, 0.3) is 0 Å². The number of hydrogen-bond acceptors (Lipinski definition) is 4. The molecule has 4 fully saturated rings. The summed E-state index contributed by atoms with van der Waals surface area (Å²) in [4.78, 5) is 13.3. The first-order valence-electron chi connectivity index (χ1n) is 12.0. The Morgan fingerprint density at radius 1 is 1.23 bits per heavy atom. The smallest absolute Gasteiger partial charge is 0.162 e. The predicted octanol–water partition coefficient (Wildman–Crippen LogP) is 4.29. The number of halogens is 1.